The van der Waals surface area contributed by atoms with Crippen LogP contribution in [0.3, 0.4) is 0 Å². The number of carbonyl (C=O) groups excluding carboxylic acids is 1. The normalized spacial score (nSPS) is 13.0. The minimum Gasteiger partial charge on any atom is -0.468 e. The second kappa shape index (κ2) is 5.66. The summed E-state index contributed by atoms with van der Waals surface area (Å²) < 4.78 is 35.9. The summed E-state index contributed by atoms with van der Waals surface area (Å²) in [6, 6.07) is 5.67. The summed E-state index contributed by atoms with van der Waals surface area (Å²) in [4.78, 5) is 22.3. The van der Waals surface area contributed by atoms with Gasteiger partial charge in [0, 0.05) is 11.5 Å². The van der Waals surface area contributed by atoms with Crippen molar-refractivity contribution in [3.8, 4) is 0 Å². The third-order valence-corrected chi connectivity index (χ3v) is 4.33. The highest BCUT2D eigenvalue weighted by atomic mass is 32.2. The Labute approximate surface area is 120 Å². The van der Waals surface area contributed by atoms with Crippen molar-refractivity contribution >= 4 is 27.0 Å². The number of hydrogen-bond acceptors (Lipinski definition) is 6. The molecular weight excluding hydrogens is 298 g/mol. The molecule has 0 saturated carbocycles. The molecule has 0 aliphatic heterocycles. The molecule has 0 bridgehead atoms. The van der Waals surface area contributed by atoms with Crippen LogP contribution >= 0.6 is 0 Å². The van der Waals surface area contributed by atoms with E-state index >= 15 is 0 Å². The summed E-state index contributed by atoms with van der Waals surface area (Å²) in [6.07, 6.45) is 0. The Hall–Kier alpha value is -2.19. The van der Waals surface area contributed by atoms with Gasteiger partial charge in [0.15, 0.2) is 0 Å². The van der Waals surface area contributed by atoms with Gasteiger partial charge in [-0.2, -0.15) is 4.72 Å². The van der Waals surface area contributed by atoms with Crippen LogP contribution in [0.2, 0.25) is 0 Å². The van der Waals surface area contributed by atoms with Crippen LogP contribution in [0, 0.1) is 0 Å². The Morgan fingerprint density at radius 2 is 2.00 bits per heavy atom. The molecular formula is C13H13NO6S. The molecule has 2 aromatic rings. The molecule has 8 heteroatoms. The predicted molar refractivity (Wildman–Crippen MR) is 74.3 cm³/mol. The standard InChI is InChI=1S/C13H13NO6S/c1-8(13(16)19-2)14-21(17,18)10-4-5-11-9(7-10)3-6-12(15)20-11/h3-8,14H,1-2H3. The lowest BCUT2D eigenvalue weighted by Gasteiger charge is -2.12. The van der Waals surface area contributed by atoms with Gasteiger partial charge in [0.2, 0.25) is 10.0 Å². The fourth-order valence-corrected chi connectivity index (χ4v) is 2.97. The van der Waals surface area contributed by atoms with E-state index in [2.05, 4.69) is 9.46 Å². The second-order valence-electron chi connectivity index (χ2n) is 4.32. The molecule has 1 aromatic carbocycles. The third kappa shape index (κ3) is 3.29. The van der Waals surface area contributed by atoms with E-state index < -0.39 is 27.7 Å². The number of ether oxygens (including phenoxy) is 1. The van der Waals surface area contributed by atoms with Gasteiger partial charge in [-0.15, -0.1) is 0 Å². The number of nitrogens with one attached hydrogen (secondary N) is 1. The van der Waals surface area contributed by atoms with Gasteiger partial charge in [-0.25, -0.2) is 13.2 Å². The van der Waals surface area contributed by atoms with Crippen LogP contribution in [-0.4, -0.2) is 27.5 Å². The van der Waals surface area contributed by atoms with Crippen LogP contribution < -0.4 is 10.3 Å². The number of hydrogen-bond donors (Lipinski definition) is 1. The molecule has 112 valence electrons. The molecule has 1 N–H and O–H groups in total. The minimum absolute atomic E-state index is 0.0420. The average molecular weight is 311 g/mol. The first-order valence-electron chi connectivity index (χ1n) is 5.97. The molecule has 1 atom stereocenters. The van der Waals surface area contributed by atoms with Crippen LogP contribution in [-0.2, 0) is 19.6 Å². The maximum atomic E-state index is 12.2. The number of methoxy groups -OCH3 is 1. The minimum atomic E-state index is -3.89. The van der Waals surface area contributed by atoms with Gasteiger partial charge in [-0.05, 0) is 31.2 Å². The van der Waals surface area contributed by atoms with Crippen molar-refractivity contribution in [1.82, 2.24) is 4.72 Å². The van der Waals surface area contributed by atoms with Crippen molar-refractivity contribution in [2.75, 3.05) is 7.11 Å². The van der Waals surface area contributed by atoms with E-state index in [0.29, 0.717) is 5.39 Å². The van der Waals surface area contributed by atoms with Crippen molar-refractivity contribution in [3.63, 3.8) is 0 Å². The SMILES string of the molecule is COC(=O)C(C)NS(=O)(=O)c1ccc2oc(=O)ccc2c1. The highest BCUT2D eigenvalue weighted by Crippen LogP contribution is 2.18. The van der Waals surface area contributed by atoms with Gasteiger partial charge < -0.3 is 9.15 Å². The Bertz CT molecular complexity index is 839. The molecule has 21 heavy (non-hydrogen) atoms. The molecule has 0 spiro atoms. The molecule has 0 aliphatic carbocycles. The molecule has 2 rings (SSSR count). The zero-order chi connectivity index (χ0) is 15.6. The zero-order valence-electron chi connectivity index (χ0n) is 11.3. The lowest BCUT2D eigenvalue weighted by atomic mass is 10.2. The van der Waals surface area contributed by atoms with Crippen LogP contribution in [0.1, 0.15) is 6.92 Å². The summed E-state index contributed by atoms with van der Waals surface area (Å²) in [7, 11) is -2.72. The van der Waals surface area contributed by atoms with Crippen molar-refractivity contribution in [2.45, 2.75) is 17.9 Å². The van der Waals surface area contributed by atoms with Gasteiger partial charge in [0.1, 0.15) is 11.6 Å². The van der Waals surface area contributed by atoms with Crippen molar-refractivity contribution in [2.24, 2.45) is 0 Å². The van der Waals surface area contributed by atoms with E-state index in [-0.39, 0.29) is 10.5 Å². The van der Waals surface area contributed by atoms with Crippen LogP contribution in [0.15, 0.2) is 44.4 Å². The molecule has 0 radical (unpaired) electrons. The van der Waals surface area contributed by atoms with E-state index in [1.54, 1.807) is 0 Å². The first-order chi connectivity index (χ1) is 9.83. The summed E-state index contributed by atoms with van der Waals surface area (Å²) in [5, 5.41) is 0.461. The fraction of sp³-hybridized carbons (Fsp3) is 0.231. The Morgan fingerprint density at radius 1 is 1.29 bits per heavy atom. The van der Waals surface area contributed by atoms with Crippen molar-refractivity contribution in [1.29, 1.82) is 0 Å². The summed E-state index contributed by atoms with van der Waals surface area (Å²) in [5.74, 6) is -0.689. The van der Waals surface area contributed by atoms with Gasteiger partial charge >= 0.3 is 11.6 Å². The summed E-state index contributed by atoms with van der Waals surface area (Å²) in [6.45, 7) is 1.38. The Morgan fingerprint density at radius 3 is 2.67 bits per heavy atom. The van der Waals surface area contributed by atoms with Gasteiger partial charge in [-0.1, -0.05) is 0 Å². The Kier molecular flexibility index (Phi) is 4.10. The maximum Gasteiger partial charge on any atom is 0.336 e. The first-order valence-corrected chi connectivity index (χ1v) is 7.46. The predicted octanol–water partition coefficient (Wildman–Crippen LogP) is 0.633. The van der Waals surface area contributed by atoms with E-state index in [1.807, 2.05) is 0 Å². The van der Waals surface area contributed by atoms with Gasteiger partial charge in [-0.3, -0.25) is 4.79 Å². The number of benzene rings is 1. The Balaban J connectivity index is 2.38. The summed E-state index contributed by atoms with van der Waals surface area (Å²) >= 11 is 0. The molecule has 0 fully saturated rings. The number of esters is 1. The van der Waals surface area contributed by atoms with E-state index in [0.717, 1.165) is 0 Å². The van der Waals surface area contributed by atoms with E-state index in [9.17, 15) is 18.0 Å². The number of fused-ring (bicyclic) bond motifs is 1. The number of sulfonamides is 1. The quantitative estimate of drug-likeness (QED) is 0.656. The molecule has 7 nitrogen and oxygen atoms in total. The van der Waals surface area contributed by atoms with Gasteiger partial charge in [0.05, 0.1) is 12.0 Å². The highest BCUT2D eigenvalue weighted by molar-refractivity contribution is 7.89. The monoisotopic (exact) mass is 311 g/mol. The number of carbonyl (C=O) groups is 1. The van der Waals surface area contributed by atoms with Gasteiger partial charge in [0.25, 0.3) is 0 Å². The maximum absolute atomic E-state index is 12.2. The van der Waals surface area contributed by atoms with Crippen LogP contribution in [0.25, 0.3) is 11.0 Å². The largest absolute Gasteiger partial charge is 0.468 e. The summed E-state index contributed by atoms with van der Waals surface area (Å²) in [5.41, 5.74) is -0.238. The lowest BCUT2D eigenvalue weighted by molar-refractivity contribution is -0.142. The zero-order valence-corrected chi connectivity index (χ0v) is 12.1. The van der Waals surface area contributed by atoms with E-state index in [1.165, 1.54) is 44.4 Å². The van der Waals surface area contributed by atoms with Crippen LogP contribution in [0.4, 0.5) is 0 Å². The smallest absolute Gasteiger partial charge is 0.336 e. The fourth-order valence-electron chi connectivity index (χ4n) is 1.74. The molecule has 0 amide bonds. The molecule has 0 aliphatic rings. The van der Waals surface area contributed by atoms with Crippen molar-refractivity contribution < 1.29 is 22.4 Å². The second-order valence-corrected chi connectivity index (χ2v) is 6.03. The van der Waals surface area contributed by atoms with E-state index in [4.69, 9.17) is 4.42 Å². The topological polar surface area (TPSA) is 103 Å². The average Bonchev–Trinajstić information content (AvgIpc) is 2.45. The number of rotatable bonds is 4. The van der Waals surface area contributed by atoms with Crippen molar-refractivity contribution in [3.05, 3.63) is 40.8 Å². The lowest BCUT2D eigenvalue weighted by Crippen LogP contribution is -2.39. The molecule has 1 aromatic heterocycles. The van der Waals surface area contributed by atoms with Crippen LogP contribution in [0.5, 0.6) is 0 Å². The first kappa shape index (κ1) is 15.2. The highest BCUT2D eigenvalue weighted by Gasteiger charge is 2.22. The molecule has 1 unspecified atom stereocenters. The molecule has 0 saturated heterocycles. The molecule has 1 heterocycles. The third-order valence-electron chi connectivity index (χ3n) is 2.79.